The highest BCUT2D eigenvalue weighted by Crippen LogP contribution is 2.24. The number of benzene rings is 2. The van der Waals surface area contributed by atoms with Crippen LogP contribution in [0.2, 0.25) is 0 Å². The normalized spacial score (nSPS) is 11.0. The summed E-state index contributed by atoms with van der Waals surface area (Å²) in [4.78, 5) is 25.4. The summed E-state index contributed by atoms with van der Waals surface area (Å²) in [6.07, 6.45) is 1.00. The molecule has 0 unspecified atom stereocenters. The molecule has 0 aliphatic carbocycles. The second-order valence-corrected chi connectivity index (χ2v) is 8.05. The maximum atomic E-state index is 12.1. The molecule has 0 bridgehead atoms. The van der Waals surface area contributed by atoms with E-state index in [1.165, 1.54) is 10.5 Å². The quantitative estimate of drug-likeness (QED) is 0.718. The van der Waals surface area contributed by atoms with Crippen LogP contribution in [-0.4, -0.2) is 37.4 Å². The fourth-order valence-corrected chi connectivity index (χ4v) is 2.65. The van der Waals surface area contributed by atoms with Gasteiger partial charge in [0.05, 0.1) is 6.61 Å². The number of nitrogens with zero attached hydrogens (tertiary/aromatic N) is 1. The third-order valence-electron chi connectivity index (χ3n) is 4.36. The van der Waals surface area contributed by atoms with E-state index < -0.39 is 0 Å². The monoisotopic (exact) mass is 382 g/mol. The summed E-state index contributed by atoms with van der Waals surface area (Å²) in [6, 6.07) is 15.0. The Morgan fingerprint density at radius 2 is 1.57 bits per heavy atom. The Kier molecular flexibility index (Phi) is 7.21. The molecule has 0 atom stereocenters. The molecule has 2 amide bonds. The summed E-state index contributed by atoms with van der Waals surface area (Å²) < 4.78 is 5.72. The van der Waals surface area contributed by atoms with Crippen LogP contribution in [0.5, 0.6) is 5.75 Å². The van der Waals surface area contributed by atoms with Gasteiger partial charge in [-0.05, 0) is 53.8 Å². The van der Waals surface area contributed by atoms with Crippen molar-refractivity contribution in [3.05, 3.63) is 59.7 Å². The third-order valence-corrected chi connectivity index (χ3v) is 4.36. The Labute approximate surface area is 167 Å². The van der Waals surface area contributed by atoms with Crippen LogP contribution in [0.3, 0.4) is 0 Å². The lowest BCUT2D eigenvalue weighted by atomic mass is 9.87. The predicted octanol–water partition coefficient (Wildman–Crippen LogP) is 4.48. The Bertz CT molecular complexity index is 788. The zero-order valence-electron chi connectivity index (χ0n) is 17.4. The number of nitrogens with one attached hydrogen (secondary N) is 1. The summed E-state index contributed by atoms with van der Waals surface area (Å²) in [6.45, 7) is 7.01. The van der Waals surface area contributed by atoms with Gasteiger partial charge in [0.1, 0.15) is 5.75 Å². The molecule has 0 aromatic heterocycles. The molecule has 0 fully saturated rings. The van der Waals surface area contributed by atoms with E-state index in [2.05, 4.69) is 38.2 Å². The summed E-state index contributed by atoms with van der Waals surface area (Å²) in [5.74, 6) is 0.679. The Morgan fingerprint density at radius 1 is 0.964 bits per heavy atom. The standard InChI is InChI=1S/C23H30N2O3/c1-23(2,3)18-10-14-20(15-11-18)28-16-6-7-21(26)24-19-12-8-17(9-13-19)22(27)25(4)5/h8-15H,6-7,16H2,1-5H3,(H,24,26). The number of ether oxygens (including phenoxy) is 1. The van der Waals surface area contributed by atoms with Crippen molar-refractivity contribution in [2.24, 2.45) is 0 Å². The van der Waals surface area contributed by atoms with E-state index in [0.29, 0.717) is 30.7 Å². The molecule has 1 N–H and O–H groups in total. The average Bonchev–Trinajstić information content (AvgIpc) is 2.65. The maximum Gasteiger partial charge on any atom is 0.253 e. The van der Waals surface area contributed by atoms with Crippen LogP contribution < -0.4 is 10.1 Å². The first-order valence-electron chi connectivity index (χ1n) is 9.52. The molecule has 0 spiro atoms. The Balaban J connectivity index is 1.73. The number of hydrogen-bond donors (Lipinski definition) is 1. The minimum absolute atomic E-state index is 0.0643. The van der Waals surface area contributed by atoms with Crippen LogP contribution in [0.1, 0.15) is 49.5 Å². The molecule has 0 aliphatic rings. The lowest BCUT2D eigenvalue weighted by Gasteiger charge is -2.19. The maximum absolute atomic E-state index is 12.1. The number of anilines is 1. The predicted molar refractivity (Wildman–Crippen MR) is 113 cm³/mol. The van der Waals surface area contributed by atoms with Crippen LogP contribution in [0.15, 0.2) is 48.5 Å². The van der Waals surface area contributed by atoms with Crippen LogP contribution in [-0.2, 0) is 10.2 Å². The van der Waals surface area contributed by atoms with Crippen molar-refractivity contribution in [1.29, 1.82) is 0 Å². The summed E-state index contributed by atoms with van der Waals surface area (Å²) >= 11 is 0. The van der Waals surface area contributed by atoms with Gasteiger partial charge in [-0.2, -0.15) is 0 Å². The van der Waals surface area contributed by atoms with E-state index in [9.17, 15) is 9.59 Å². The molecular weight excluding hydrogens is 352 g/mol. The second kappa shape index (κ2) is 9.40. The largest absolute Gasteiger partial charge is 0.494 e. The van der Waals surface area contributed by atoms with Gasteiger partial charge in [-0.3, -0.25) is 9.59 Å². The SMILES string of the molecule is CN(C)C(=O)c1ccc(NC(=O)CCCOc2ccc(C(C)(C)C)cc2)cc1. The van der Waals surface area contributed by atoms with Gasteiger partial charge in [0.2, 0.25) is 5.91 Å². The molecule has 0 aliphatic heterocycles. The lowest BCUT2D eigenvalue weighted by Crippen LogP contribution is -2.21. The molecule has 5 nitrogen and oxygen atoms in total. The van der Waals surface area contributed by atoms with Gasteiger partial charge in [0.15, 0.2) is 0 Å². The molecule has 28 heavy (non-hydrogen) atoms. The fraction of sp³-hybridized carbons (Fsp3) is 0.391. The van der Waals surface area contributed by atoms with Gasteiger partial charge in [-0.1, -0.05) is 32.9 Å². The first-order chi connectivity index (χ1) is 13.2. The number of carbonyl (C=O) groups is 2. The van der Waals surface area contributed by atoms with E-state index in [0.717, 1.165) is 5.75 Å². The van der Waals surface area contributed by atoms with Gasteiger partial charge in [-0.25, -0.2) is 0 Å². The van der Waals surface area contributed by atoms with Crippen molar-refractivity contribution in [2.45, 2.75) is 39.0 Å². The first kappa shape index (κ1) is 21.5. The van der Waals surface area contributed by atoms with E-state index in [4.69, 9.17) is 4.74 Å². The molecule has 2 aromatic rings. The molecule has 0 saturated carbocycles. The minimum atomic E-state index is -0.0710. The summed E-state index contributed by atoms with van der Waals surface area (Å²) in [5.41, 5.74) is 2.65. The van der Waals surface area contributed by atoms with Crippen molar-refractivity contribution in [1.82, 2.24) is 4.90 Å². The molecule has 0 saturated heterocycles. The van der Waals surface area contributed by atoms with Crippen LogP contribution in [0.25, 0.3) is 0 Å². The first-order valence-corrected chi connectivity index (χ1v) is 9.52. The van der Waals surface area contributed by atoms with Crippen LogP contribution in [0.4, 0.5) is 5.69 Å². The van der Waals surface area contributed by atoms with E-state index in [-0.39, 0.29) is 17.2 Å². The molecular formula is C23H30N2O3. The van der Waals surface area contributed by atoms with Gasteiger partial charge >= 0.3 is 0 Å². The van der Waals surface area contributed by atoms with E-state index in [1.807, 2.05) is 12.1 Å². The molecule has 150 valence electrons. The Morgan fingerprint density at radius 3 is 2.11 bits per heavy atom. The zero-order valence-corrected chi connectivity index (χ0v) is 17.4. The topological polar surface area (TPSA) is 58.6 Å². The van der Waals surface area contributed by atoms with Gasteiger partial charge in [-0.15, -0.1) is 0 Å². The van der Waals surface area contributed by atoms with Crippen molar-refractivity contribution < 1.29 is 14.3 Å². The zero-order chi connectivity index (χ0) is 20.7. The Hall–Kier alpha value is -2.82. The van der Waals surface area contributed by atoms with Crippen molar-refractivity contribution in [3.63, 3.8) is 0 Å². The van der Waals surface area contributed by atoms with Crippen molar-refractivity contribution in [3.8, 4) is 5.75 Å². The summed E-state index contributed by atoms with van der Waals surface area (Å²) in [7, 11) is 3.41. The van der Waals surface area contributed by atoms with E-state index in [1.54, 1.807) is 38.4 Å². The van der Waals surface area contributed by atoms with Crippen LogP contribution >= 0.6 is 0 Å². The number of rotatable bonds is 7. The van der Waals surface area contributed by atoms with Crippen molar-refractivity contribution in [2.75, 3.05) is 26.0 Å². The second-order valence-electron chi connectivity index (χ2n) is 8.05. The molecule has 2 rings (SSSR count). The van der Waals surface area contributed by atoms with Gasteiger partial charge in [0.25, 0.3) is 5.91 Å². The third kappa shape index (κ3) is 6.41. The highest BCUT2D eigenvalue weighted by molar-refractivity contribution is 5.95. The summed E-state index contributed by atoms with van der Waals surface area (Å²) in [5, 5.41) is 2.84. The highest BCUT2D eigenvalue weighted by Gasteiger charge is 2.13. The number of amides is 2. The molecule has 5 heteroatoms. The minimum Gasteiger partial charge on any atom is -0.494 e. The fourth-order valence-electron chi connectivity index (χ4n) is 2.65. The molecule has 0 radical (unpaired) electrons. The van der Waals surface area contributed by atoms with E-state index >= 15 is 0 Å². The average molecular weight is 383 g/mol. The smallest absolute Gasteiger partial charge is 0.253 e. The van der Waals surface area contributed by atoms with Gasteiger partial charge in [0, 0.05) is 31.8 Å². The number of carbonyl (C=O) groups excluding carboxylic acids is 2. The molecule has 0 heterocycles. The van der Waals surface area contributed by atoms with Gasteiger partial charge < -0.3 is 15.0 Å². The van der Waals surface area contributed by atoms with Crippen molar-refractivity contribution >= 4 is 17.5 Å². The highest BCUT2D eigenvalue weighted by atomic mass is 16.5. The number of hydrogen-bond acceptors (Lipinski definition) is 3. The molecule has 2 aromatic carbocycles. The van der Waals surface area contributed by atoms with Crippen LogP contribution in [0, 0.1) is 0 Å². The lowest BCUT2D eigenvalue weighted by molar-refractivity contribution is -0.116.